The van der Waals surface area contributed by atoms with Crippen molar-refractivity contribution in [3.8, 4) is 0 Å². The average molecular weight is 231 g/mol. The van der Waals surface area contributed by atoms with E-state index in [0.29, 0.717) is 17.2 Å². The van der Waals surface area contributed by atoms with Gasteiger partial charge < -0.3 is 4.74 Å². The Labute approximate surface area is 102 Å². The number of hydrogen-bond acceptors (Lipinski definition) is 3. The molecule has 0 amide bonds. The first kappa shape index (κ1) is 11.8. The van der Waals surface area contributed by atoms with Crippen LogP contribution >= 0.6 is 0 Å². The summed E-state index contributed by atoms with van der Waals surface area (Å²) in [6.07, 6.45) is 6.98. The Hall–Kier alpha value is -1.64. The van der Waals surface area contributed by atoms with Gasteiger partial charge in [0.25, 0.3) is 0 Å². The van der Waals surface area contributed by atoms with Crippen molar-refractivity contribution in [1.82, 2.24) is 0 Å². The summed E-state index contributed by atoms with van der Waals surface area (Å²) in [7, 11) is 1.39. The van der Waals surface area contributed by atoms with Crippen LogP contribution in [0.4, 0.5) is 5.69 Å². The number of aliphatic imine (C=N–C) groups is 1. The Morgan fingerprint density at radius 1 is 1.35 bits per heavy atom. The van der Waals surface area contributed by atoms with Crippen molar-refractivity contribution in [3.05, 3.63) is 29.8 Å². The Morgan fingerprint density at radius 3 is 2.76 bits per heavy atom. The molecule has 1 aromatic rings. The van der Waals surface area contributed by atoms with Crippen LogP contribution in [0.25, 0.3) is 0 Å². The quantitative estimate of drug-likeness (QED) is 0.591. The summed E-state index contributed by atoms with van der Waals surface area (Å²) >= 11 is 0. The maximum Gasteiger partial charge on any atom is 0.340 e. The summed E-state index contributed by atoms with van der Waals surface area (Å²) in [5.41, 5.74) is 1.23. The highest BCUT2D eigenvalue weighted by molar-refractivity contribution is 5.95. The fourth-order valence-electron chi connectivity index (χ4n) is 2.16. The molecule has 0 N–H and O–H groups in total. The second-order valence-electron chi connectivity index (χ2n) is 4.33. The molecule has 0 unspecified atom stereocenters. The zero-order valence-corrected chi connectivity index (χ0v) is 10.1. The third-order valence-electron chi connectivity index (χ3n) is 3.13. The van der Waals surface area contributed by atoms with E-state index in [1.807, 2.05) is 24.4 Å². The molecule has 0 aliphatic heterocycles. The highest BCUT2D eigenvalue weighted by Crippen LogP contribution is 2.25. The minimum atomic E-state index is -0.329. The van der Waals surface area contributed by atoms with Crippen LogP contribution in [0.1, 0.15) is 36.0 Å². The van der Waals surface area contributed by atoms with Gasteiger partial charge in [0.1, 0.15) is 0 Å². The molecule has 0 heterocycles. The van der Waals surface area contributed by atoms with Crippen molar-refractivity contribution in [2.24, 2.45) is 10.9 Å². The van der Waals surface area contributed by atoms with Gasteiger partial charge in [0.05, 0.1) is 18.4 Å². The van der Waals surface area contributed by atoms with Crippen LogP contribution in [-0.2, 0) is 4.74 Å². The Morgan fingerprint density at radius 2 is 2.06 bits per heavy atom. The van der Waals surface area contributed by atoms with Crippen LogP contribution in [0.5, 0.6) is 0 Å². The van der Waals surface area contributed by atoms with Crippen LogP contribution in [0, 0.1) is 5.92 Å². The van der Waals surface area contributed by atoms with Gasteiger partial charge in [-0.2, -0.15) is 0 Å². The number of carbonyl (C=O) groups is 1. The van der Waals surface area contributed by atoms with Crippen molar-refractivity contribution in [3.63, 3.8) is 0 Å². The summed E-state index contributed by atoms with van der Waals surface area (Å²) < 4.78 is 4.74. The van der Waals surface area contributed by atoms with E-state index in [1.54, 1.807) is 6.07 Å². The molecule has 90 valence electrons. The van der Waals surface area contributed by atoms with E-state index in [2.05, 4.69) is 4.99 Å². The number of methoxy groups -OCH3 is 1. The summed E-state index contributed by atoms with van der Waals surface area (Å²) in [6, 6.07) is 7.29. The van der Waals surface area contributed by atoms with Crippen molar-refractivity contribution < 1.29 is 9.53 Å². The lowest BCUT2D eigenvalue weighted by atomic mass is 10.1. The van der Waals surface area contributed by atoms with Gasteiger partial charge in [-0.05, 0) is 30.9 Å². The molecule has 1 saturated carbocycles. The van der Waals surface area contributed by atoms with E-state index in [9.17, 15) is 4.79 Å². The van der Waals surface area contributed by atoms with Crippen molar-refractivity contribution in [2.75, 3.05) is 7.11 Å². The normalized spacial score (nSPS) is 16.5. The van der Waals surface area contributed by atoms with Crippen LogP contribution in [0.2, 0.25) is 0 Å². The molecule has 0 bridgehead atoms. The minimum Gasteiger partial charge on any atom is -0.465 e. The van der Waals surface area contributed by atoms with Gasteiger partial charge in [-0.3, -0.25) is 4.99 Å². The molecule has 1 aromatic carbocycles. The highest BCUT2D eigenvalue weighted by atomic mass is 16.5. The lowest BCUT2D eigenvalue weighted by Gasteiger charge is -2.04. The standard InChI is InChI=1S/C14H17NO2/c1-17-14(16)12-8-4-5-9-13(12)15-10-11-6-2-3-7-11/h4-5,8-11H,2-3,6-7H2,1H3. The molecule has 0 spiro atoms. The lowest BCUT2D eigenvalue weighted by molar-refractivity contribution is 0.0601. The van der Waals surface area contributed by atoms with Gasteiger partial charge in [0.15, 0.2) is 0 Å². The second-order valence-corrected chi connectivity index (χ2v) is 4.33. The molecule has 17 heavy (non-hydrogen) atoms. The third kappa shape index (κ3) is 2.93. The number of nitrogens with zero attached hydrogens (tertiary/aromatic N) is 1. The maximum absolute atomic E-state index is 11.5. The molecule has 0 atom stereocenters. The Balaban J connectivity index is 2.16. The van der Waals surface area contributed by atoms with E-state index in [-0.39, 0.29) is 5.97 Å². The minimum absolute atomic E-state index is 0.329. The number of rotatable bonds is 3. The average Bonchev–Trinajstić information content (AvgIpc) is 2.89. The molecule has 1 aliphatic carbocycles. The van der Waals surface area contributed by atoms with E-state index in [0.717, 1.165) is 0 Å². The number of para-hydroxylation sites is 1. The number of ether oxygens (including phenoxy) is 1. The smallest absolute Gasteiger partial charge is 0.340 e. The van der Waals surface area contributed by atoms with Crippen LogP contribution in [0.3, 0.4) is 0 Å². The molecule has 0 saturated heterocycles. The van der Waals surface area contributed by atoms with Gasteiger partial charge in [0.2, 0.25) is 0 Å². The predicted molar refractivity (Wildman–Crippen MR) is 67.9 cm³/mol. The van der Waals surface area contributed by atoms with Gasteiger partial charge in [0, 0.05) is 6.21 Å². The Kier molecular flexibility index (Phi) is 3.91. The summed E-state index contributed by atoms with van der Waals surface area (Å²) in [5.74, 6) is 0.241. The van der Waals surface area contributed by atoms with Crippen LogP contribution in [-0.4, -0.2) is 19.3 Å². The first-order valence-electron chi connectivity index (χ1n) is 6.03. The van der Waals surface area contributed by atoms with Crippen molar-refractivity contribution >= 4 is 17.9 Å². The molecule has 1 aliphatic rings. The van der Waals surface area contributed by atoms with E-state index < -0.39 is 0 Å². The number of carbonyl (C=O) groups excluding carboxylic acids is 1. The molecule has 2 rings (SSSR count). The fraction of sp³-hybridized carbons (Fsp3) is 0.429. The largest absolute Gasteiger partial charge is 0.465 e. The lowest BCUT2D eigenvalue weighted by Crippen LogP contribution is -2.01. The second kappa shape index (κ2) is 5.62. The summed E-state index contributed by atoms with van der Waals surface area (Å²) in [5, 5.41) is 0. The SMILES string of the molecule is COC(=O)c1ccccc1N=CC1CCCC1. The molecular weight excluding hydrogens is 214 g/mol. The molecule has 1 fully saturated rings. The van der Waals surface area contributed by atoms with Gasteiger partial charge in [-0.1, -0.05) is 25.0 Å². The summed E-state index contributed by atoms with van der Waals surface area (Å²) in [4.78, 5) is 16.0. The number of hydrogen-bond donors (Lipinski definition) is 0. The molecule has 3 heteroatoms. The molecule has 0 radical (unpaired) electrons. The molecule has 3 nitrogen and oxygen atoms in total. The first-order chi connectivity index (χ1) is 8.31. The van der Waals surface area contributed by atoms with Gasteiger partial charge in [-0.15, -0.1) is 0 Å². The van der Waals surface area contributed by atoms with Gasteiger partial charge >= 0.3 is 5.97 Å². The predicted octanol–water partition coefficient (Wildman–Crippen LogP) is 3.37. The molecular formula is C14H17NO2. The highest BCUT2D eigenvalue weighted by Gasteiger charge is 2.13. The zero-order valence-electron chi connectivity index (χ0n) is 10.1. The monoisotopic (exact) mass is 231 g/mol. The zero-order chi connectivity index (χ0) is 12.1. The molecule has 0 aromatic heterocycles. The van der Waals surface area contributed by atoms with E-state index >= 15 is 0 Å². The fourth-order valence-corrected chi connectivity index (χ4v) is 2.16. The van der Waals surface area contributed by atoms with E-state index in [4.69, 9.17) is 4.74 Å². The van der Waals surface area contributed by atoms with Crippen molar-refractivity contribution in [1.29, 1.82) is 0 Å². The Bertz CT molecular complexity index is 420. The van der Waals surface area contributed by atoms with E-state index in [1.165, 1.54) is 32.8 Å². The van der Waals surface area contributed by atoms with Crippen LogP contribution in [0.15, 0.2) is 29.3 Å². The van der Waals surface area contributed by atoms with Crippen molar-refractivity contribution in [2.45, 2.75) is 25.7 Å². The van der Waals surface area contributed by atoms with Gasteiger partial charge in [-0.25, -0.2) is 4.79 Å². The van der Waals surface area contributed by atoms with Crippen LogP contribution < -0.4 is 0 Å². The third-order valence-corrected chi connectivity index (χ3v) is 3.13. The number of esters is 1. The summed E-state index contributed by atoms with van der Waals surface area (Å²) in [6.45, 7) is 0. The first-order valence-corrected chi connectivity index (χ1v) is 6.03. The maximum atomic E-state index is 11.5. The number of benzene rings is 1. The topological polar surface area (TPSA) is 38.7 Å².